The molecule has 0 aromatic heterocycles. The number of nitrogens with zero attached hydrogens (tertiary/aromatic N) is 1. The van der Waals surface area contributed by atoms with Crippen LogP contribution in [-0.2, 0) is 0 Å². The molecule has 1 saturated carbocycles. The van der Waals surface area contributed by atoms with E-state index in [1.807, 2.05) is 18.2 Å². The molecular formula is C15H17Cl2N. The Kier molecular flexibility index (Phi) is 4.54. The van der Waals surface area contributed by atoms with Gasteiger partial charge in [-0.15, -0.1) is 0 Å². The molecule has 0 atom stereocenters. The largest absolute Gasteiger partial charge is 0.192 e. The second-order valence-electron chi connectivity index (χ2n) is 5.10. The van der Waals surface area contributed by atoms with Gasteiger partial charge in [0.05, 0.1) is 15.6 Å². The maximum atomic E-state index is 8.95. The Labute approximate surface area is 119 Å². The Hall–Kier alpha value is -0.710. The Morgan fingerprint density at radius 3 is 2.17 bits per heavy atom. The molecule has 18 heavy (non-hydrogen) atoms. The van der Waals surface area contributed by atoms with E-state index in [9.17, 15) is 0 Å². The molecule has 0 unspecified atom stereocenters. The van der Waals surface area contributed by atoms with Crippen LogP contribution in [0.2, 0.25) is 10.0 Å². The molecule has 96 valence electrons. The first-order chi connectivity index (χ1) is 8.65. The summed E-state index contributed by atoms with van der Waals surface area (Å²) in [5, 5.41) is 9.92. The summed E-state index contributed by atoms with van der Waals surface area (Å²) in [7, 11) is 0. The van der Waals surface area contributed by atoms with Crippen LogP contribution in [0.5, 0.6) is 0 Å². The Morgan fingerprint density at radius 2 is 1.72 bits per heavy atom. The van der Waals surface area contributed by atoms with Crippen LogP contribution in [0.1, 0.15) is 56.1 Å². The van der Waals surface area contributed by atoms with Crippen molar-refractivity contribution >= 4 is 23.2 Å². The molecule has 1 aliphatic rings. The molecule has 0 N–H and O–H groups in total. The minimum absolute atomic E-state index is 0.393. The molecular weight excluding hydrogens is 265 g/mol. The molecule has 0 saturated heterocycles. The van der Waals surface area contributed by atoms with E-state index in [4.69, 9.17) is 28.5 Å². The smallest absolute Gasteiger partial charge is 0.102 e. The van der Waals surface area contributed by atoms with Crippen LogP contribution < -0.4 is 0 Å². The summed E-state index contributed by atoms with van der Waals surface area (Å²) in [4.78, 5) is 0. The van der Waals surface area contributed by atoms with Gasteiger partial charge in [0.15, 0.2) is 0 Å². The summed E-state index contributed by atoms with van der Waals surface area (Å²) in [6, 6.07) is 5.89. The van der Waals surface area contributed by atoms with Crippen molar-refractivity contribution in [2.45, 2.75) is 44.9 Å². The van der Waals surface area contributed by atoms with Crippen molar-refractivity contribution in [2.24, 2.45) is 5.92 Å². The third-order valence-corrected chi connectivity index (χ3v) is 4.67. The third-order valence-electron chi connectivity index (χ3n) is 4.07. The van der Waals surface area contributed by atoms with E-state index in [0.29, 0.717) is 21.5 Å². The summed E-state index contributed by atoms with van der Waals surface area (Å²) < 4.78 is 0. The van der Waals surface area contributed by atoms with E-state index in [1.54, 1.807) is 0 Å². The summed E-state index contributed by atoms with van der Waals surface area (Å²) in [5.74, 6) is 1.43. The maximum Gasteiger partial charge on any atom is 0.102 e. The van der Waals surface area contributed by atoms with Crippen LogP contribution in [-0.4, -0.2) is 0 Å². The highest BCUT2D eigenvalue weighted by atomic mass is 35.5. The number of halogens is 2. The first-order valence-corrected chi connectivity index (χ1v) is 7.30. The van der Waals surface area contributed by atoms with Gasteiger partial charge in [-0.3, -0.25) is 0 Å². The van der Waals surface area contributed by atoms with Crippen LogP contribution in [0, 0.1) is 17.2 Å². The molecule has 0 bridgehead atoms. The molecule has 3 heteroatoms. The average molecular weight is 282 g/mol. The van der Waals surface area contributed by atoms with Gasteiger partial charge in [0.1, 0.15) is 6.07 Å². The van der Waals surface area contributed by atoms with E-state index < -0.39 is 0 Å². The van der Waals surface area contributed by atoms with Crippen LogP contribution in [0.15, 0.2) is 12.1 Å². The van der Waals surface area contributed by atoms with Gasteiger partial charge in [0, 0.05) is 0 Å². The highest BCUT2D eigenvalue weighted by molar-refractivity contribution is 6.36. The Bertz CT molecular complexity index is 445. The summed E-state index contributed by atoms with van der Waals surface area (Å²) in [6.07, 6.45) is 6.27. The van der Waals surface area contributed by atoms with E-state index >= 15 is 0 Å². The lowest BCUT2D eigenvalue weighted by atomic mass is 9.78. The van der Waals surface area contributed by atoms with E-state index in [1.165, 1.54) is 37.7 Å². The number of hydrogen-bond donors (Lipinski definition) is 0. The molecule has 0 radical (unpaired) electrons. The first kappa shape index (κ1) is 13.7. The minimum Gasteiger partial charge on any atom is -0.192 e. The van der Waals surface area contributed by atoms with E-state index in [-0.39, 0.29) is 0 Å². The zero-order valence-electron chi connectivity index (χ0n) is 10.5. The molecule has 1 fully saturated rings. The van der Waals surface area contributed by atoms with Crippen molar-refractivity contribution in [3.05, 3.63) is 33.3 Å². The molecule has 0 heterocycles. The molecule has 1 aromatic carbocycles. The van der Waals surface area contributed by atoms with Crippen molar-refractivity contribution in [3.63, 3.8) is 0 Å². The molecule has 0 amide bonds. The molecule has 1 aliphatic carbocycles. The summed E-state index contributed by atoms with van der Waals surface area (Å²) in [5.41, 5.74) is 1.59. The monoisotopic (exact) mass is 281 g/mol. The SMILES string of the molecule is CCC1CCC(c2cc(Cl)c(C#N)c(Cl)c2)CC1. The van der Waals surface area contributed by atoms with Gasteiger partial charge in [-0.2, -0.15) is 5.26 Å². The number of rotatable bonds is 2. The highest BCUT2D eigenvalue weighted by Crippen LogP contribution is 2.39. The standard InChI is InChI=1S/C15H17Cl2N/c1-2-10-3-5-11(6-4-10)12-7-14(16)13(9-18)15(17)8-12/h7-8,10-11H,2-6H2,1H3. The normalized spacial score (nSPS) is 23.7. The fourth-order valence-electron chi connectivity index (χ4n) is 2.84. The number of nitriles is 1. The van der Waals surface area contributed by atoms with Crippen LogP contribution >= 0.6 is 23.2 Å². The second-order valence-corrected chi connectivity index (χ2v) is 5.91. The lowest BCUT2D eigenvalue weighted by molar-refractivity contribution is 0.319. The van der Waals surface area contributed by atoms with Gasteiger partial charge in [-0.1, -0.05) is 36.5 Å². The average Bonchev–Trinajstić information content (AvgIpc) is 2.38. The van der Waals surface area contributed by atoms with Crippen LogP contribution in [0.3, 0.4) is 0 Å². The van der Waals surface area contributed by atoms with Gasteiger partial charge in [0.2, 0.25) is 0 Å². The highest BCUT2D eigenvalue weighted by Gasteiger charge is 2.22. The van der Waals surface area contributed by atoms with Crippen molar-refractivity contribution in [3.8, 4) is 6.07 Å². The summed E-state index contributed by atoms with van der Waals surface area (Å²) in [6.45, 7) is 2.26. The van der Waals surface area contributed by atoms with Crippen molar-refractivity contribution in [1.29, 1.82) is 5.26 Å². The second kappa shape index (κ2) is 5.95. The lowest BCUT2D eigenvalue weighted by Crippen LogP contribution is -2.12. The van der Waals surface area contributed by atoms with Gasteiger partial charge >= 0.3 is 0 Å². The van der Waals surface area contributed by atoms with E-state index in [0.717, 1.165) is 5.92 Å². The lowest BCUT2D eigenvalue weighted by Gasteiger charge is -2.28. The minimum atomic E-state index is 0.393. The summed E-state index contributed by atoms with van der Waals surface area (Å²) >= 11 is 12.2. The number of benzene rings is 1. The van der Waals surface area contributed by atoms with Crippen molar-refractivity contribution in [1.82, 2.24) is 0 Å². The van der Waals surface area contributed by atoms with E-state index in [2.05, 4.69) is 6.92 Å². The zero-order valence-corrected chi connectivity index (χ0v) is 12.1. The molecule has 1 aromatic rings. The molecule has 2 rings (SSSR count). The van der Waals surface area contributed by atoms with Gasteiger partial charge < -0.3 is 0 Å². The quantitative estimate of drug-likeness (QED) is 0.697. The van der Waals surface area contributed by atoms with Crippen LogP contribution in [0.4, 0.5) is 0 Å². The van der Waals surface area contributed by atoms with Crippen LogP contribution in [0.25, 0.3) is 0 Å². The third kappa shape index (κ3) is 2.82. The molecule has 0 spiro atoms. The maximum absolute atomic E-state index is 8.95. The molecule has 0 aliphatic heterocycles. The molecule has 1 nitrogen and oxygen atoms in total. The predicted octanol–water partition coefficient (Wildman–Crippen LogP) is 5.55. The fourth-order valence-corrected chi connectivity index (χ4v) is 3.43. The Morgan fingerprint density at radius 1 is 1.17 bits per heavy atom. The van der Waals surface area contributed by atoms with Crippen molar-refractivity contribution < 1.29 is 0 Å². The van der Waals surface area contributed by atoms with Gasteiger partial charge in [0.25, 0.3) is 0 Å². The topological polar surface area (TPSA) is 23.8 Å². The predicted molar refractivity (Wildman–Crippen MR) is 76.2 cm³/mol. The first-order valence-electron chi connectivity index (χ1n) is 6.54. The van der Waals surface area contributed by atoms with Gasteiger partial charge in [-0.05, 0) is 55.2 Å². The number of hydrogen-bond acceptors (Lipinski definition) is 1. The zero-order chi connectivity index (χ0) is 13.1. The van der Waals surface area contributed by atoms with Crippen molar-refractivity contribution in [2.75, 3.05) is 0 Å². The van der Waals surface area contributed by atoms with Gasteiger partial charge in [-0.25, -0.2) is 0 Å². The fraction of sp³-hybridized carbons (Fsp3) is 0.533. The Balaban J connectivity index is 2.18.